The normalized spacial score (nSPS) is 14.4. The Balaban J connectivity index is 2.20. The van der Waals surface area contributed by atoms with Crippen LogP contribution in [0.15, 0.2) is 60.7 Å². The van der Waals surface area contributed by atoms with Crippen molar-refractivity contribution < 1.29 is 5.11 Å². The summed E-state index contributed by atoms with van der Waals surface area (Å²) in [5.74, 6) is 0. The van der Waals surface area contributed by atoms with Gasteiger partial charge in [-0.25, -0.2) is 0 Å². The van der Waals surface area contributed by atoms with Gasteiger partial charge in [-0.05, 0) is 11.1 Å². The fourth-order valence-electron chi connectivity index (χ4n) is 1.72. The largest absolute Gasteiger partial charge is 0.386 e. The molecular weight excluding hydrogens is 198 g/mol. The smallest absolute Gasteiger partial charge is 0.0982 e. The summed E-state index contributed by atoms with van der Waals surface area (Å²) >= 11 is 0. The second kappa shape index (κ2) is 4.92. The molecule has 3 N–H and O–H groups in total. The number of rotatable bonds is 3. The van der Waals surface area contributed by atoms with E-state index in [0.717, 1.165) is 11.1 Å². The van der Waals surface area contributed by atoms with Crippen LogP contribution in [0.25, 0.3) is 0 Å². The van der Waals surface area contributed by atoms with Crippen molar-refractivity contribution in [2.75, 3.05) is 0 Å². The van der Waals surface area contributed by atoms with E-state index in [0.29, 0.717) is 0 Å². The molecule has 2 nitrogen and oxygen atoms in total. The number of hydrogen-bond acceptors (Lipinski definition) is 2. The van der Waals surface area contributed by atoms with Gasteiger partial charge in [0.25, 0.3) is 0 Å². The van der Waals surface area contributed by atoms with Gasteiger partial charge < -0.3 is 10.8 Å². The van der Waals surface area contributed by atoms with Gasteiger partial charge in [-0.1, -0.05) is 60.7 Å². The van der Waals surface area contributed by atoms with Crippen molar-refractivity contribution >= 4 is 0 Å². The van der Waals surface area contributed by atoms with Crippen molar-refractivity contribution in [3.63, 3.8) is 0 Å². The number of aliphatic hydroxyl groups is 1. The van der Waals surface area contributed by atoms with Crippen molar-refractivity contribution in [3.05, 3.63) is 71.8 Å². The van der Waals surface area contributed by atoms with Crippen molar-refractivity contribution in [2.24, 2.45) is 5.73 Å². The van der Waals surface area contributed by atoms with Gasteiger partial charge in [0.1, 0.15) is 0 Å². The fourth-order valence-corrected chi connectivity index (χ4v) is 1.72. The van der Waals surface area contributed by atoms with E-state index in [4.69, 9.17) is 5.73 Å². The summed E-state index contributed by atoms with van der Waals surface area (Å²) in [5, 5.41) is 10.1. The predicted molar refractivity (Wildman–Crippen MR) is 64.8 cm³/mol. The summed E-state index contributed by atoms with van der Waals surface area (Å²) in [5.41, 5.74) is 7.81. The van der Waals surface area contributed by atoms with Crippen LogP contribution in [0.3, 0.4) is 0 Å². The van der Waals surface area contributed by atoms with Gasteiger partial charge in [0, 0.05) is 0 Å². The molecule has 2 rings (SSSR count). The molecule has 0 spiro atoms. The highest BCUT2D eigenvalue weighted by molar-refractivity contribution is 5.25. The van der Waals surface area contributed by atoms with Crippen LogP contribution in [-0.2, 0) is 0 Å². The maximum atomic E-state index is 10.1. The average molecular weight is 213 g/mol. The van der Waals surface area contributed by atoms with E-state index in [1.54, 1.807) is 0 Å². The van der Waals surface area contributed by atoms with Gasteiger partial charge in [-0.2, -0.15) is 0 Å². The Morgan fingerprint density at radius 3 is 1.69 bits per heavy atom. The Labute approximate surface area is 95.4 Å². The second-order valence-electron chi connectivity index (χ2n) is 3.79. The summed E-state index contributed by atoms with van der Waals surface area (Å²) in [6, 6.07) is 18.7. The predicted octanol–water partition coefficient (Wildman–Crippen LogP) is 2.42. The van der Waals surface area contributed by atoms with E-state index in [-0.39, 0.29) is 6.04 Å². The molecule has 0 fully saturated rings. The summed E-state index contributed by atoms with van der Waals surface area (Å²) < 4.78 is 0. The molecule has 0 aliphatic carbocycles. The van der Waals surface area contributed by atoms with Crippen LogP contribution in [0, 0.1) is 0 Å². The van der Waals surface area contributed by atoms with Crippen LogP contribution in [0.4, 0.5) is 0 Å². The molecule has 0 saturated carbocycles. The molecule has 2 heteroatoms. The summed E-state index contributed by atoms with van der Waals surface area (Å²) in [6.45, 7) is 0. The molecule has 2 aromatic rings. The minimum absolute atomic E-state index is 0.386. The zero-order valence-electron chi connectivity index (χ0n) is 8.95. The topological polar surface area (TPSA) is 46.2 Å². The molecule has 0 aromatic heterocycles. The van der Waals surface area contributed by atoms with E-state index in [2.05, 4.69) is 0 Å². The van der Waals surface area contributed by atoms with E-state index >= 15 is 0 Å². The molecule has 0 amide bonds. The van der Waals surface area contributed by atoms with E-state index < -0.39 is 6.10 Å². The Hall–Kier alpha value is -1.64. The summed E-state index contributed by atoms with van der Waals surface area (Å²) in [7, 11) is 0. The van der Waals surface area contributed by atoms with E-state index in [1.807, 2.05) is 60.7 Å². The average Bonchev–Trinajstić information content (AvgIpc) is 2.39. The molecule has 82 valence electrons. The zero-order chi connectivity index (χ0) is 11.4. The lowest BCUT2D eigenvalue weighted by molar-refractivity contribution is 0.147. The van der Waals surface area contributed by atoms with Gasteiger partial charge in [-0.15, -0.1) is 0 Å². The molecule has 0 aliphatic heterocycles. The van der Waals surface area contributed by atoms with Gasteiger partial charge >= 0.3 is 0 Å². The highest BCUT2D eigenvalue weighted by Gasteiger charge is 2.17. The lowest BCUT2D eigenvalue weighted by Gasteiger charge is -2.19. The number of benzene rings is 2. The van der Waals surface area contributed by atoms with E-state index in [9.17, 15) is 5.11 Å². The van der Waals surface area contributed by atoms with Crippen molar-refractivity contribution in [2.45, 2.75) is 12.1 Å². The highest BCUT2D eigenvalue weighted by Crippen LogP contribution is 2.25. The summed E-state index contributed by atoms with van der Waals surface area (Å²) in [6.07, 6.45) is -0.663. The minimum Gasteiger partial charge on any atom is -0.386 e. The zero-order valence-corrected chi connectivity index (χ0v) is 8.95. The van der Waals surface area contributed by atoms with Gasteiger partial charge in [-0.3, -0.25) is 0 Å². The fraction of sp³-hybridized carbons (Fsp3) is 0.143. The number of nitrogens with two attached hydrogens (primary N) is 1. The molecular formula is C14H15NO. The van der Waals surface area contributed by atoms with Gasteiger partial charge in [0.15, 0.2) is 0 Å². The lowest BCUT2D eigenvalue weighted by Crippen LogP contribution is -2.19. The maximum Gasteiger partial charge on any atom is 0.0982 e. The molecule has 16 heavy (non-hydrogen) atoms. The lowest BCUT2D eigenvalue weighted by atomic mass is 9.97. The molecule has 2 aromatic carbocycles. The Bertz CT molecular complexity index is 384. The van der Waals surface area contributed by atoms with Crippen LogP contribution >= 0.6 is 0 Å². The number of hydrogen-bond donors (Lipinski definition) is 2. The van der Waals surface area contributed by atoms with Crippen LogP contribution in [0.2, 0.25) is 0 Å². The molecule has 0 aliphatic rings. The first-order chi connectivity index (χ1) is 7.79. The first-order valence-corrected chi connectivity index (χ1v) is 5.32. The van der Waals surface area contributed by atoms with Crippen LogP contribution in [-0.4, -0.2) is 5.11 Å². The van der Waals surface area contributed by atoms with Gasteiger partial charge in [0.2, 0.25) is 0 Å². The van der Waals surface area contributed by atoms with E-state index in [1.165, 1.54) is 0 Å². The Morgan fingerprint density at radius 2 is 1.19 bits per heavy atom. The van der Waals surface area contributed by atoms with Crippen LogP contribution in [0.1, 0.15) is 23.3 Å². The van der Waals surface area contributed by atoms with Crippen molar-refractivity contribution in [1.82, 2.24) is 0 Å². The number of aliphatic hydroxyl groups excluding tert-OH is 1. The third-order valence-electron chi connectivity index (χ3n) is 2.67. The minimum atomic E-state index is -0.663. The molecule has 0 radical (unpaired) electrons. The quantitative estimate of drug-likeness (QED) is 0.822. The van der Waals surface area contributed by atoms with Crippen molar-refractivity contribution in [3.8, 4) is 0 Å². The van der Waals surface area contributed by atoms with Gasteiger partial charge in [0.05, 0.1) is 12.1 Å². The standard InChI is InChI=1S/C14H15NO/c15-13(11-7-3-1-4-8-11)14(16)12-9-5-2-6-10-12/h1-10,13-14,16H,15H2/t13?,14-/m0/s1. The Kier molecular flexibility index (Phi) is 3.34. The monoisotopic (exact) mass is 213 g/mol. The van der Waals surface area contributed by atoms with Crippen LogP contribution in [0.5, 0.6) is 0 Å². The first kappa shape index (κ1) is 10.9. The first-order valence-electron chi connectivity index (χ1n) is 5.32. The molecule has 1 unspecified atom stereocenters. The second-order valence-corrected chi connectivity index (χ2v) is 3.79. The van der Waals surface area contributed by atoms with Crippen molar-refractivity contribution in [1.29, 1.82) is 0 Å². The molecule has 2 atom stereocenters. The maximum absolute atomic E-state index is 10.1. The third kappa shape index (κ3) is 2.30. The molecule has 0 heterocycles. The molecule has 0 bridgehead atoms. The highest BCUT2D eigenvalue weighted by atomic mass is 16.3. The van der Waals surface area contributed by atoms with Crippen LogP contribution < -0.4 is 5.73 Å². The SMILES string of the molecule is NC(c1ccccc1)[C@@H](O)c1ccccc1. The Morgan fingerprint density at radius 1 is 0.750 bits per heavy atom. The summed E-state index contributed by atoms with van der Waals surface area (Å²) in [4.78, 5) is 0. The third-order valence-corrected chi connectivity index (χ3v) is 2.67. The molecule has 0 saturated heterocycles.